The van der Waals surface area contributed by atoms with Crippen LogP contribution >= 0.6 is 0 Å². The van der Waals surface area contributed by atoms with Gasteiger partial charge in [-0.2, -0.15) is 13.2 Å². The van der Waals surface area contributed by atoms with Gasteiger partial charge in [-0.1, -0.05) is 6.07 Å². The van der Waals surface area contributed by atoms with E-state index in [0.29, 0.717) is 10.6 Å². The zero-order chi connectivity index (χ0) is 13.1. The minimum Gasteiger partial charge on any atom is -0.398 e. The number of nitrogen functional groups attached to an aromatic ring is 1. The Bertz CT molecular complexity index is 418. The molecular weight excluding hydrogens is 251 g/mol. The molecule has 0 aromatic heterocycles. The maximum Gasteiger partial charge on any atom is 0.389 e. The van der Waals surface area contributed by atoms with Crippen LogP contribution in [0.25, 0.3) is 0 Å². The predicted molar refractivity (Wildman–Crippen MR) is 62.2 cm³/mol. The Morgan fingerprint density at radius 3 is 2.53 bits per heavy atom. The van der Waals surface area contributed by atoms with Crippen LogP contribution in [-0.4, -0.2) is 16.1 Å². The zero-order valence-electron chi connectivity index (χ0n) is 9.38. The normalized spacial score (nSPS) is 13.6. The summed E-state index contributed by atoms with van der Waals surface area (Å²) in [6.45, 7) is 1.84. The molecule has 1 aromatic carbocycles. The van der Waals surface area contributed by atoms with Crippen molar-refractivity contribution in [1.82, 2.24) is 0 Å². The molecule has 0 aliphatic rings. The molecule has 0 saturated heterocycles. The van der Waals surface area contributed by atoms with E-state index < -0.39 is 23.4 Å². The van der Waals surface area contributed by atoms with Gasteiger partial charge in [0.15, 0.2) is 0 Å². The van der Waals surface area contributed by atoms with Crippen LogP contribution in [0.3, 0.4) is 0 Å². The van der Waals surface area contributed by atoms with E-state index in [1.165, 1.54) is 0 Å². The lowest BCUT2D eigenvalue weighted by molar-refractivity contribution is -0.134. The van der Waals surface area contributed by atoms with Crippen molar-refractivity contribution in [3.63, 3.8) is 0 Å². The highest BCUT2D eigenvalue weighted by Crippen LogP contribution is 2.23. The number of benzene rings is 1. The van der Waals surface area contributed by atoms with Gasteiger partial charge in [0.05, 0.1) is 15.7 Å². The molecule has 96 valence electrons. The van der Waals surface area contributed by atoms with Crippen molar-refractivity contribution in [2.75, 3.05) is 11.5 Å². The topological polar surface area (TPSA) is 43.1 Å². The van der Waals surface area contributed by atoms with Crippen molar-refractivity contribution in [3.05, 3.63) is 23.8 Å². The Labute approximate surface area is 100 Å². The summed E-state index contributed by atoms with van der Waals surface area (Å²) < 4.78 is 47.5. The van der Waals surface area contributed by atoms with Gasteiger partial charge in [-0.05, 0) is 31.0 Å². The number of rotatable bonds is 4. The average molecular weight is 265 g/mol. The van der Waals surface area contributed by atoms with E-state index in [1.807, 2.05) is 6.92 Å². The summed E-state index contributed by atoms with van der Waals surface area (Å²) in [4.78, 5) is 0.415. The van der Waals surface area contributed by atoms with Gasteiger partial charge in [0.25, 0.3) is 0 Å². The fourth-order valence-electron chi connectivity index (χ4n) is 1.39. The molecule has 2 N–H and O–H groups in total. The second kappa shape index (κ2) is 5.53. The maximum atomic E-state index is 11.9. The summed E-state index contributed by atoms with van der Waals surface area (Å²) in [7, 11) is -1.46. The number of alkyl halides is 3. The van der Waals surface area contributed by atoms with Crippen molar-refractivity contribution in [3.8, 4) is 0 Å². The third-order valence-electron chi connectivity index (χ3n) is 2.20. The first kappa shape index (κ1) is 14.0. The highest BCUT2D eigenvalue weighted by molar-refractivity contribution is 7.85. The van der Waals surface area contributed by atoms with Crippen molar-refractivity contribution in [2.45, 2.75) is 30.8 Å². The molecule has 1 atom stereocenters. The second-order valence-electron chi connectivity index (χ2n) is 3.81. The fraction of sp³-hybridized carbons (Fsp3) is 0.455. The summed E-state index contributed by atoms with van der Waals surface area (Å²) in [5.41, 5.74) is 6.96. The molecule has 0 heterocycles. The SMILES string of the molecule is Cc1ccc(S(=O)CCCC(F)(F)F)c(N)c1. The van der Waals surface area contributed by atoms with Gasteiger partial charge < -0.3 is 5.73 Å². The first-order valence-electron chi connectivity index (χ1n) is 5.11. The number of aryl methyl sites for hydroxylation is 1. The molecule has 0 radical (unpaired) electrons. The quantitative estimate of drug-likeness (QED) is 0.850. The summed E-state index contributed by atoms with van der Waals surface area (Å²) in [6.07, 6.45) is -5.25. The first-order chi connectivity index (χ1) is 7.79. The molecule has 6 heteroatoms. The van der Waals surface area contributed by atoms with E-state index in [-0.39, 0.29) is 12.2 Å². The standard InChI is InChI=1S/C11H14F3NOS/c1-8-3-4-10(9(15)7-8)17(16)6-2-5-11(12,13)14/h3-4,7H,2,5-6,15H2,1H3. The molecule has 0 fully saturated rings. The predicted octanol–water partition coefficient (Wildman–Crippen LogP) is 3.03. The van der Waals surface area contributed by atoms with Crippen LogP contribution in [0.5, 0.6) is 0 Å². The van der Waals surface area contributed by atoms with E-state index >= 15 is 0 Å². The lowest BCUT2D eigenvalue weighted by Gasteiger charge is -2.08. The number of nitrogens with two attached hydrogens (primary N) is 1. The third-order valence-corrected chi connectivity index (χ3v) is 3.72. The van der Waals surface area contributed by atoms with E-state index in [4.69, 9.17) is 5.73 Å². The summed E-state index contributed by atoms with van der Waals surface area (Å²) in [6, 6.07) is 5.01. The molecule has 0 bridgehead atoms. The Morgan fingerprint density at radius 2 is 2.00 bits per heavy atom. The first-order valence-corrected chi connectivity index (χ1v) is 6.43. The monoisotopic (exact) mass is 265 g/mol. The van der Waals surface area contributed by atoms with Gasteiger partial charge in [-0.15, -0.1) is 0 Å². The van der Waals surface area contributed by atoms with Crippen LogP contribution < -0.4 is 5.73 Å². The lowest BCUT2D eigenvalue weighted by atomic mass is 10.2. The van der Waals surface area contributed by atoms with Crippen molar-refractivity contribution in [2.24, 2.45) is 0 Å². The minimum atomic E-state index is -4.19. The molecule has 0 spiro atoms. The summed E-state index contributed by atoms with van der Waals surface area (Å²) in [5.74, 6) is -0.0211. The van der Waals surface area contributed by atoms with E-state index in [9.17, 15) is 17.4 Å². The number of anilines is 1. The maximum absolute atomic E-state index is 11.9. The Morgan fingerprint density at radius 1 is 1.35 bits per heavy atom. The van der Waals surface area contributed by atoms with Crippen LogP contribution in [0, 0.1) is 6.92 Å². The number of hydrogen-bond acceptors (Lipinski definition) is 2. The van der Waals surface area contributed by atoms with Crippen molar-refractivity contribution in [1.29, 1.82) is 0 Å². The number of halogens is 3. The van der Waals surface area contributed by atoms with Crippen LogP contribution in [-0.2, 0) is 10.8 Å². The van der Waals surface area contributed by atoms with Crippen molar-refractivity contribution < 1.29 is 17.4 Å². The fourth-order valence-corrected chi connectivity index (χ4v) is 2.56. The molecule has 2 nitrogen and oxygen atoms in total. The highest BCUT2D eigenvalue weighted by Gasteiger charge is 2.26. The Balaban J connectivity index is 2.59. The van der Waals surface area contributed by atoms with Gasteiger partial charge in [0.2, 0.25) is 0 Å². The van der Waals surface area contributed by atoms with Crippen LogP contribution in [0.4, 0.5) is 18.9 Å². The summed E-state index contributed by atoms with van der Waals surface area (Å²) >= 11 is 0. The highest BCUT2D eigenvalue weighted by atomic mass is 32.2. The zero-order valence-corrected chi connectivity index (χ0v) is 10.2. The van der Waals surface area contributed by atoms with Gasteiger partial charge in [-0.25, -0.2) is 0 Å². The molecule has 17 heavy (non-hydrogen) atoms. The molecule has 1 unspecified atom stereocenters. The van der Waals surface area contributed by atoms with E-state index in [2.05, 4.69) is 0 Å². The van der Waals surface area contributed by atoms with Crippen molar-refractivity contribution >= 4 is 16.5 Å². The molecular formula is C11H14F3NOS. The number of hydrogen-bond donors (Lipinski definition) is 1. The van der Waals surface area contributed by atoms with Gasteiger partial charge >= 0.3 is 6.18 Å². The van der Waals surface area contributed by atoms with E-state index in [1.54, 1.807) is 18.2 Å². The van der Waals surface area contributed by atoms with Gasteiger partial charge in [0, 0.05) is 17.9 Å². The molecule has 0 aliphatic carbocycles. The molecule has 0 aliphatic heterocycles. The van der Waals surface area contributed by atoms with Crippen LogP contribution in [0.2, 0.25) is 0 Å². The summed E-state index contributed by atoms with van der Waals surface area (Å²) in [5, 5.41) is 0. The lowest BCUT2D eigenvalue weighted by Crippen LogP contribution is -2.10. The van der Waals surface area contributed by atoms with Gasteiger partial charge in [-0.3, -0.25) is 4.21 Å². The smallest absolute Gasteiger partial charge is 0.389 e. The molecule has 1 aromatic rings. The Hall–Kier alpha value is -1.04. The van der Waals surface area contributed by atoms with E-state index in [0.717, 1.165) is 5.56 Å². The Kier molecular flexibility index (Phi) is 4.56. The van der Waals surface area contributed by atoms with Gasteiger partial charge in [0.1, 0.15) is 0 Å². The molecule has 0 saturated carbocycles. The largest absolute Gasteiger partial charge is 0.398 e. The average Bonchev–Trinajstić information content (AvgIpc) is 2.15. The van der Waals surface area contributed by atoms with Crippen LogP contribution in [0.15, 0.2) is 23.1 Å². The second-order valence-corrected chi connectivity index (χ2v) is 5.35. The molecule has 0 amide bonds. The third kappa shape index (κ3) is 4.77. The minimum absolute atomic E-state index is 0.0211. The molecule has 1 rings (SSSR count). The van der Waals surface area contributed by atoms with Crippen LogP contribution in [0.1, 0.15) is 18.4 Å².